The summed E-state index contributed by atoms with van der Waals surface area (Å²) in [6.45, 7) is 6.23. The van der Waals surface area contributed by atoms with E-state index in [-0.39, 0.29) is 12.0 Å². The summed E-state index contributed by atoms with van der Waals surface area (Å²) in [6, 6.07) is 10.1. The van der Waals surface area contributed by atoms with E-state index < -0.39 is 0 Å². The molecule has 1 fully saturated rings. The largest absolute Gasteiger partial charge is 0.271 e. The molecule has 1 aliphatic rings. The highest BCUT2D eigenvalue weighted by Crippen LogP contribution is 2.30. The molecule has 2 unspecified atom stereocenters. The van der Waals surface area contributed by atoms with E-state index >= 15 is 0 Å². The molecule has 2 rings (SSSR count). The predicted molar refractivity (Wildman–Crippen MR) is 62.7 cm³/mol. The molecule has 1 aliphatic heterocycles. The minimum absolute atomic E-state index is 0.0638. The maximum absolute atomic E-state index is 9.00. The lowest BCUT2D eigenvalue weighted by molar-refractivity contribution is 0.159. The van der Waals surface area contributed by atoms with E-state index in [2.05, 4.69) is 12.6 Å². The van der Waals surface area contributed by atoms with Gasteiger partial charge in [0, 0.05) is 0 Å². The van der Waals surface area contributed by atoms with Crippen LogP contribution in [-0.2, 0) is 4.84 Å². The van der Waals surface area contributed by atoms with Crippen molar-refractivity contribution in [3.63, 3.8) is 0 Å². The summed E-state index contributed by atoms with van der Waals surface area (Å²) in [5.41, 5.74) is 2.14. The molecule has 0 bridgehead atoms. The molecule has 0 saturated carbocycles. The number of aryl methyl sites for hydroxylation is 1. The lowest BCUT2D eigenvalue weighted by Crippen LogP contribution is -2.30. The predicted octanol–water partition coefficient (Wildman–Crippen LogP) is 2.44. The number of nitrogens with zero attached hydrogens (tertiary/aromatic N) is 2. The Hall–Kier alpha value is -1.79. The highest BCUT2D eigenvalue weighted by Gasteiger charge is 2.34. The van der Waals surface area contributed by atoms with Gasteiger partial charge in [-0.1, -0.05) is 24.3 Å². The Morgan fingerprint density at radius 3 is 2.94 bits per heavy atom. The Balaban J connectivity index is 2.33. The molecule has 0 N–H and O–H groups in total. The van der Waals surface area contributed by atoms with Crippen LogP contribution in [0.4, 0.5) is 5.69 Å². The highest BCUT2D eigenvalue weighted by molar-refractivity contribution is 5.53. The van der Waals surface area contributed by atoms with Crippen molar-refractivity contribution in [1.29, 1.82) is 5.26 Å². The fraction of sp³-hybridized carbons (Fsp3) is 0.308. The van der Waals surface area contributed by atoms with E-state index in [1.165, 1.54) is 0 Å². The average molecular weight is 214 g/mol. The monoisotopic (exact) mass is 214 g/mol. The number of hydrogen-bond donors (Lipinski definition) is 0. The second-order valence-electron chi connectivity index (χ2n) is 3.87. The van der Waals surface area contributed by atoms with Gasteiger partial charge in [0.25, 0.3) is 0 Å². The van der Waals surface area contributed by atoms with E-state index in [1.807, 2.05) is 31.2 Å². The van der Waals surface area contributed by atoms with Crippen LogP contribution in [-0.4, -0.2) is 12.6 Å². The van der Waals surface area contributed by atoms with E-state index in [9.17, 15) is 0 Å². The average Bonchev–Trinajstić information content (AvgIpc) is 2.72. The van der Waals surface area contributed by atoms with Gasteiger partial charge in [-0.15, -0.1) is 6.58 Å². The van der Waals surface area contributed by atoms with Crippen molar-refractivity contribution in [2.75, 3.05) is 11.7 Å². The van der Waals surface area contributed by atoms with Crippen LogP contribution in [0.2, 0.25) is 0 Å². The lowest BCUT2D eigenvalue weighted by atomic mass is 10.0. The molecule has 82 valence electrons. The molecule has 3 heteroatoms. The number of rotatable bonds is 2. The van der Waals surface area contributed by atoms with Crippen LogP contribution in [0, 0.1) is 24.2 Å². The molecule has 3 nitrogen and oxygen atoms in total. The Morgan fingerprint density at radius 2 is 2.31 bits per heavy atom. The Bertz CT molecular complexity index is 436. The number of para-hydroxylation sites is 1. The summed E-state index contributed by atoms with van der Waals surface area (Å²) >= 11 is 0. The van der Waals surface area contributed by atoms with E-state index in [0.29, 0.717) is 6.61 Å². The summed E-state index contributed by atoms with van der Waals surface area (Å²) in [7, 11) is 0. The number of benzene rings is 1. The summed E-state index contributed by atoms with van der Waals surface area (Å²) in [5, 5.41) is 10.8. The Kier molecular flexibility index (Phi) is 2.93. The van der Waals surface area contributed by atoms with Crippen molar-refractivity contribution in [1.82, 2.24) is 0 Å². The van der Waals surface area contributed by atoms with Crippen LogP contribution in [0.15, 0.2) is 36.9 Å². The fourth-order valence-corrected chi connectivity index (χ4v) is 1.92. The van der Waals surface area contributed by atoms with Gasteiger partial charge in [-0.05, 0) is 18.6 Å². The first-order chi connectivity index (χ1) is 7.77. The zero-order valence-corrected chi connectivity index (χ0v) is 9.26. The van der Waals surface area contributed by atoms with Gasteiger partial charge >= 0.3 is 0 Å². The second-order valence-corrected chi connectivity index (χ2v) is 3.87. The summed E-state index contributed by atoms with van der Waals surface area (Å²) < 4.78 is 0. The third-order valence-electron chi connectivity index (χ3n) is 2.84. The second kappa shape index (κ2) is 4.38. The zero-order valence-electron chi connectivity index (χ0n) is 9.26. The van der Waals surface area contributed by atoms with Crippen molar-refractivity contribution in [3.05, 3.63) is 42.5 Å². The van der Waals surface area contributed by atoms with Gasteiger partial charge in [0.2, 0.25) is 0 Å². The molecular weight excluding hydrogens is 200 g/mol. The van der Waals surface area contributed by atoms with E-state index in [0.717, 1.165) is 11.3 Å². The van der Waals surface area contributed by atoms with Gasteiger partial charge < -0.3 is 0 Å². The van der Waals surface area contributed by atoms with Crippen molar-refractivity contribution in [2.45, 2.75) is 13.0 Å². The van der Waals surface area contributed by atoms with E-state index in [4.69, 9.17) is 10.1 Å². The maximum Gasteiger partial charge on any atom is 0.0986 e. The van der Waals surface area contributed by atoms with Crippen LogP contribution in [0.3, 0.4) is 0 Å². The molecular formula is C13H14N2O. The minimum Gasteiger partial charge on any atom is -0.271 e. The molecule has 1 aromatic carbocycles. The van der Waals surface area contributed by atoms with E-state index in [1.54, 1.807) is 11.1 Å². The van der Waals surface area contributed by atoms with Crippen molar-refractivity contribution >= 4 is 5.69 Å². The van der Waals surface area contributed by atoms with Gasteiger partial charge in [-0.2, -0.15) is 5.26 Å². The van der Waals surface area contributed by atoms with Gasteiger partial charge in [-0.3, -0.25) is 4.84 Å². The molecule has 16 heavy (non-hydrogen) atoms. The fourth-order valence-electron chi connectivity index (χ4n) is 1.92. The topological polar surface area (TPSA) is 36.3 Å². The van der Waals surface area contributed by atoms with Crippen molar-refractivity contribution < 1.29 is 4.84 Å². The van der Waals surface area contributed by atoms with Crippen LogP contribution >= 0.6 is 0 Å². The van der Waals surface area contributed by atoms with Gasteiger partial charge in [0.15, 0.2) is 0 Å². The van der Waals surface area contributed by atoms with Gasteiger partial charge in [-0.25, -0.2) is 5.06 Å². The summed E-state index contributed by atoms with van der Waals surface area (Å²) in [4.78, 5) is 5.57. The lowest BCUT2D eigenvalue weighted by Gasteiger charge is -2.24. The number of hydrogen-bond acceptors (Lipinski definition) is 3. The molecule has 1 saturated heterocycles. The van der Waals surface area contributed by atoms with Gasteiger partial charge in [0.1, 0.15) is 0 Å². The molecule has 0 amide bonds. The zero-order chi connectivity index (χ0) is 11.5. The SMILES string of the molecule is C=CC1C(C#N)CON1c1ccccc1C. The Labute approximate surface area is 95.5 Å². The summed E-state index contributed by atoms with van der Waals surface area (Å²) in [6.07, 6.45) is 1.77. The normalized spacial score (nSPS) is 24.1. The maximum atomic E-state index is 9.00. The molecule has 1 aromatic rings. The first kappa shape index (κ1) is 10.7. The number of hydroxylamine groups is 1. The first-order valence-electron chi connectivity index (χ1n) is 5.28. The number of nitriles is 1. The third kappa shape index (κ3) is 1.68. The third-order valence-corrected chi connectivity index (χ3v) is 2.84. The first-order valence-corrected chi connectivity index (χ1v) is 5.28. The molecule has 2 atom stereocenters. The summed E-state index contributed by atoms with van der Waals surface area (Å²) in [5.74, 6) is -0.142. The van der Waals surface area contributed by atoms with Crippen LogP contribution in [0.25, 0.3) is 0 Å². The van der Waals surface area contributed by atoms with Crippen molar-refractivity contribution in [3.8, 4) is 6.07 Å². The quantitative estimate of drug-likeness (QED) is 0.709. The van der Waals surface area contributed by atoms with Gasteiger partial charge in [0.05, 0.1) is 30.3 Å². The molecule has 0 aromatic heterocycles. The standard InChI is InChI=1S/C13H14N2O/c1-3-12-11(8-14)9-16-15(12)13-7-5-4-6-10(13)2/h3-7,11-12H,1,9H2,2H3. The molecule has 0 spiro atoms. The number of anilines is 1. The minimum atomic E-state index is -0.142. The smallest absolute Gasteiger partial charge is 0.0986 e. The Morgan fingerprint density at radius 1 is 1.56 bits per heavy atom. The van der Waals surface area contributed by atoms with Crippen molar-refractivity contribution in [2.24, 2.45) is 5.92 Å². The molecule has 0 aliphatic carbocycles. The highest BCUT2D eigenvalue weighted by atomic mass is 16.7. The molecule has 0 radical (unpaired) electrons. The van der Waals surface area contributed by atoms with Crippen LogP contribution < -0.4 is 5.06 Å². The molecule has 1 heterocycles. The van der Waals surface area contributed by atoms with Crippen LogP contribution in [0.1, 0.15) is 5.56 Å². The van der Waals surface area contributed by atoms with Crippen LogP contribution in [0.5, 0.6) is 0 Å².